The molecule has 9 heavy (non-hydrogen) atoms. The van der Waals surface area contributed by atoms with Crippen LogP contribution in [0.4, 0.5) is 13.2 Å². The lowest BCUT2D eigenvalue weighted by molar-refractivity contribution is -0.322. The molecule has 0 amide bonds. The van der Waals surface area contributed by atoms with E-state index in [-0.39, 0.29) is 0 Å². The molecular weight excluding hydrogens is 141 g/mol. The number of carbonyl (C=O) groups is 1. The van der Waals surface area contributed by atoms with Crippen LogP contribution < -0.4 is 0 Å². The molecule has 0 radical (unpaired) electrons. The number of alkyl halides is 3. The summed E-state index contributed by atoms with van der Waals surface area (Å²) in [5, 5.41) is 15.4. The SMILES string of the molecule is O=CC(O)(O)C(F)(F)F. The van der Waals surface area contributed by atoms with E-state index in [1.165, 1.54) is 0 Å². The molecule has 6 heteroatoms. The molecule has 3 nitrogen and oxygen atoms in total. The molecule has 0 fully saturated rings. The molecule has 0 saturated heterocycles. The first-order valence-corrected chi connectivity index (χ1v) is 1.79. The maximum absolute atomic E-state index is 11.1. The molecule has 0 aromatic rings. The highest BCUT2D eigenvalue weighted by atomic mass is 19.4. The van der Waals surface area contributed by atoms with Gasteiger partial charge in [-0.05, 0) is 0 Å². The summed E-state index contributed by atoms with van der Waals surface area (Å²) in [4.78, 5) is 9.25. The van der Waals surface area contributed by atoms with Crippen LogP contribution in [0, 0.1) is 0 Å². The Morgan fingerprint density at radius 2 is 1.56 bits per heavy atom. The Balaban J connectivity index is 4.32. The highest BCUT2D eigenvalue weighted by Gasteiger charge is 2.53. The van der Waals surface area contributed by atoms with Crippen LogP contribution in [0.3, 0.4) is 0 Å². The molecule has 54 valence electrons. The largest absolute Gasteiger partial charge is 0.450 e. The molecule has 0 aromatic carbocycles. The van der Waals surface area contributed by atoms with Crippen molar-refractivity contribution in [3.8, 4) is 0 Å². The molecule has 0 rings (SSSR count). The fourth-order valence-electron chi connectivity index (χ4n) is 0.0668. The third-order valence-corrected chi connectivity index (χ3v) is 0.582. The highest BCUT2D eigenvalue weighted by molar-refractivity contribution is 5.60. The summed E-state index contributed by atoms with van der Waals surface area (Å²) in [5.74, 6) is -4.20. The van der Waals surface area contributed by atoms with E-state index in [1.54, 1.807) is 0 Å². The quantitative estimate of drug-likeness (QED) is 0.382. The minimum Gasteiger partial charge on any atom is -0.353 e. The highest BCUT2D eigenvalue weighted by Crippen LogP contribution is 2.25. The molecule has 0 unspecified atom stereocenters. The Kier molecular flexibility index (Phi) is 1.82. The average Bonchev–Trinajstić information content (AvgIpc) is 1.64. The van der Waals surface area contributed by atoms with E-state index in [4.69, 9.17) is 10.2 Å². The van der Waals surface area contributed by atoms with Gasteiger partial charge in [-0.1, -0.05) is 0 Å². The van der Waals surface area contributed by atoms with E-state index in [2.05, 4.69) is 0 Å². The second-order valence-corrected chi connectivity index (χ2v) is 1.34. The van der Waals surface area contributed by atoms with Gasteiger partial charge in [-0.2, -0.15) is 13.2 Å². The minimum absolute atomic E-state index is 0.993. The fourth-order valence-corrected chi connectivity index (χ4v) is 0.0668. The standard InChI is InChI=1S/C3H3F3O3/c4-3(5,6)2(8,9)1-7/h1,8-9H. The minimum atomic E-state index is -5.31. The molecule has 0 heterocycles. The number of aldehydes is 1. The zero-order chi connectivity index (χ0) is 7.71. The number of hydrogen-bond donors (Lipinski definition) is 2. The van der Waals surface area contributed by atoms with E-state index in [0.29, 0.717) is 0 Å². The van der Waals surface area contributed by atoms with Crippen molar-refractivity contribution in [1.29, 1.82) is 0 Å². The second kappa shape index (κ2) is 1.96. The summed E-state index contributed by atoms with van der Waals surface area (Å²) in [6, 6.07) is 0. The van der Waals surface area contributed by atoms with Gasteiger partial charge in [0, 0.05) is 0 Å². The first-order valence-electron chi connectivity index (χ1n) is 1.79. The summed E-state index contributed by atoms with van der Waals surface area (Å²) in [6.07, 6.45) is -6.30. The van der Waals surface area contributed by atoms with Crippen LogP contribution in [0.15, 0.2) is 0 Å². The number of aliphatic hydroxyl groups is 2. The van der Waals surface area contributed by atoms with Gasteiger partial charge in [0.15, 0.2) is 6.29 Å². The average molecular weight is 144 g/mol. The van der Waals surface area contributed by atoms with Crippen molar-refractivity contribution in [3.05, 3.63) is 0 Å². The van der Waals surface area contributed by atoms with Gasteiger partial charge >= 0.3 is 12.0 Å². The number of carbonyl (C=O) groups excluding carboxylic acids is 1. The summed E-state index contributed by atoms with van der Waals surface area (Å²) in [7, 11) is 0. The maximum Gasteiger partial charge on any atom is 0.450 e. The number of rotatable bonds is 1. The van der Waals surface area contributed by atoms with Crippen LogP contribution in [0.2, 0.25) is 0 Å². The topological polar surface area (TPSA) is 57.5 Å². The Morgan fingerprint density at radius 1 is 1.22 bits per heavy atom. The summed E-state index contributed by atoms with van der Waals surface area (Å²) < 4.78 is 33.3. The van der Waals surface area contributed by atoms with Gasteiger partial charge in [-0.25, -0.2) is 0 Å². The molecule has 0 saturated carbocycles. The van der Waals surface area contributed by atoms with Gasteiger partial charge in [0.05, 0.1) is 0 Å². The molecular formula is C3H3F3O3. The van der Waals surface area contributed by atoms with Crippen molar-refractivity contribution < 1.29 is 28.2 Å². The molecule has 0 aliphatic carbocycles. The van der Waals surface area contributed by atoms with E-state index >= 15 is 0 Å². The van der Waals surface area contributed by atoms with Crippen LogP contribution in [-0.4, -0.2) is 28.5 Å². The third kappa shape index (κ3) is 1.65. The predicted octanol–water partition coefficient (Wildman–Crippen LogP) is -0.571. The molecule has 2 N–H and O–H groups in total. The lowest BCUT2D eigenvalue weighted by Gasteiger charge is -2.16. The van der Waals surface area contributed by atoms with Gasteiger partial charge in [0.25, 0.3) is 0 Å². The van der Waals surface area contributed by atoms with Crippen molar-refractivity contribution in [3.63, 3.8) is 0 Å². The fraction of sp³-hybridized carbons (Fsp3) is 0.667. The Bertz CT molecular complexity index is 116. The molecule has 0 bridgehead atoms. The first-order chi connectivity index (χ1) is 3.81. The summed E-state index contributed by atoms with van der Waals surface area (Å²) in [5.41, 5.74) is 0. The van der Waals surface area contributed by atoms with Gasteiger partial charge in [-0.15, -0.1) is 0 Å². The monoisotopic (exact) mass is 144 g/mol. The lowest BCUT2D eigenvalue weighted by atomic mass is 10.3. The first kappa shape index (κ1) is 8.38. The third-order valence-electron chi connectivity index (χ3n) is 0.582. The van der Waals surface area contributed by atoms with Crippen molar-refractivity contribution in [2.45, 2.75) is 12.0 Å². The van der Waals surface area contributed by atoms with Crippen LogP contribution in [0.5, 0.6) is 0 Å². The zero-order valence-corrected chi connectivity index (χ0v) is 4.01. The van der Waals surface area contributed by atoms with Crippen LogP contribution in [0.1, 0.15) is 0 Å². The van der Waals surface area contributed by atoms with E-state index < -0.39 is 18.2 Å². The van der Waals surface area contributed by atoms with Crippen molar-refractivity contribution in [1.82, 2.24) is 0 Å². The Hall–Kier alpha value is -0.620. The molecule has 0 aromatic heterocycles. The Labute approximate surface area is 47.7 Å². The van der Waals surface area contributed by atoms with E-state index in [1.807, 2.05) is 0 Å². The Morgan fingerprint density at radius 3 is 1.56 bits per heavy atom. The normalized spacial score (nSPS) is 13.4. The zero-order valence-electron chi connectivity index (χ0n) is 4.01. The van der Waals surface area contributed by atoms with Crippen LogP contribution in [-0.2, 0) is 4.79 Å². The lowest BCUT2D eigenvalue weighted by Crippen LogP contribution is -2.46. The summed E-state index contributed by atoms with van der Waals surface area (Å²) >= 11 is 0. The smallest absolute Gasteiger partial charge is 0.353 e. The van der Waals surface area contributed by atoms with Gasteiger partial charge < -0.3 is 10.2 Å². The van der Waals surface area contributed by atoms with Crippen molar-refractivity contribution in [2.24, 2.45) is 0 Å². The number of hydrogen-bond acceptors (Lipinski definition) is 3. The van der Waals surface area contributed by atoms with Gasteiger partial charge in [0.1, 0.15) is 0 Å². The number of halogens is 3. The summed E-state index contributed by atoms with van der Waals surface area (Å²) in [6.45, 7) is 0. The molecule has 0 aliphatic rings. The van der Waals surface area contributed by atoms with Crippen LogP contribution in [0.25, 0.3) is 0 Å². The van der Waals surface area contributed by atoms with Gasteiger partial charge in [0.2, 0.25) is 0 Å². The van der Waals surface area contributed by atoms with E-state index in [0.717, 1.165) is 0 Å². The molecule has 0 atom stereocenters. The van der Waals surface area contributed by atoms with Crippen molar-refractivity contribution >= 4 is 6.29 Å². The molecule has 0 spiro atoms. The van der Waals surface area contributed by atoms with Crippen LogP contribution >= 0.6 is 0 Å². The van der Waals surface area contributed by atoms with E-state index in [9.17, 15) is 18.0 Å². The predicted molar refractivity (Wildman–Crippen MR) is 19.3 cm³/mol. The van der Waals surface area contributed by atoms with Crippen molar-refractivity contribution in [2.75, 3.05) is 0 Å². The second-order valence-electron chi connectivity index (χ2n) is 1.34. The van der Waals surface area contributed by atoms with Gasteiger partial charge in [-0.3, -0.25) is 4.79 Å². The maximum atomic E-state index is 11.1. The molecule has 0 aliphatic heterocycles.